The highest BCUT2D eigenvalue weighted by atomic mass is 16.5. The van der Waals surface area contributed by atoms with E-state index in [-0.39, 0.29) is 5.69 Å². The average molecular weight is 249 g/mol. The predicted octanol–water partition coefficient (Wildman–Crippen LogP) is 2.05. The summed E-state index contributed by atoms with van der Waals surface area (Å²) < 4.78 is 4.65. The first kappa shape index (κ1) is 12.7. The van der Waals surface area contributed by atoms with Crippen molar-refractivity contribution in [3.05, 3.63) is 17.8 Å². The van der Waals surface area contributed by atoms with E-state index in [1.54, 1.807) is 12.1 Å². The lowest BCUT2D eigenvalue weighted by Gasteiger charge is -2.19. The number of nitrogen functional groups attached to an aromatic ring is 1. The van der Waals surface area contributed by atoms with E-state index in [9.17, 15) is 4.79 Å². The lowest BCUT2D eigenvalue weighted by molar-refractivity contribution is 0.0594. The number of hydrogen-bond donors (Lipinski definition) is 2. The van der Waals surface area contributed by atoms with E-state index < -0.39 is 5.97 Å². The number of carbonyl (C=O) groups is 1. The number of ether oxygens (including phenoxy) is 1. The number of nitrogens with one attached hydrogen (secondary N) is 1. The summed E-state index contributed by atoms with van der Waals surface area (Å²) >= 11 is 0. The van der Waals surface area contributed by atoms with Gasteiger partial charge in [-0.25, -0.2) is 9.78 Å². The Balaban J connectivity index is 2.18. The summed E-state index contributed by atoms with van der Waals surface area (Å²) in [5.41, 5.74) is 6.71. The second kappa shape index (κ2) is 5.25. The molecule has 0 radical (unpaired) electrons. The molecule has 2 rings (SSSR count). The van der Waals surface area contributed by atoms with Gasteiger partial charge in [-0.15, -0.1) is 0 Å². The third-order valence-electron chi connectivity index (χ3n) is 3.50. The molecule has 1 aromatic heterocycles. The molecule has 0 aromatic carbocycles. The molecule has 0 aliphatic heterocycles. The van der Waals surface area contributed by atoms with E-state index in [0.29, 0.717) is 23.5 Å². The summed E-state index contributed by atoms with van der Waals surface area (Å²) in [4.78, 5) is 15.7. The first-order valence-electron chi connectivity index (χ1n) is 6.23. The molecule has 1 aliphatic carbocycles. The molecule has 0 amide bonds. The Morgan fingerprint density at radius 1 is 1.50 bits per heavy atom. The fraction of sp³-hybridized carbons (Fsp3) is 0.538. The first-order chi connectivity index (χ1) is 8.61. The normalized spacial score (nSPS) is 22.8. The molecule has 1 aromatic rings. The number of methoxy groups -OCH3 is 1. The van der Waals surface area contributed by atoms with Crippen LogP contribution in [0.5, 0.6) is 0 Å². The summed E-state index contributed by atoms with van der Waals surface area (Å²) in [7, 11) is 1.34. The molecular formula is C13H19N3O2. The van der Waals surface area contributed by atoms with Gasteiger partial charge in [0.25, 0.3) is 0 Å². The van der Waals surface area contributed by atoms with Gasteiger partial charge < -0.3 is 15.8 Å². The molecule has 1 saturated carbocycles. The SMILES string of the molecule is COC(=O)c1ccc(N)c(NC2CCCC2C)n1. The topological polar surface area (TPSA) is 77.2 Å². The van der Waals surface area contributed by atoms with Crippen molar-refractivity contribution in [2.45, 2.75) is 32.2 Å². The van der Waals surface area contributed by atoms with Crippen LogP contribution in [0, 0.1) is 5.92 Å². The van der Waals surface area contributed by atoms with Crippen LogP contribution in [0.4, 0.5) is 11.5 Å². The summed E-state index contributed by atoms with van der Waals surface area (Å²) in [6.07, 6.45) is 3.55. The number of anilines is 2. The molecule has 2 unspecified atom stereocenters. The van der Waals surface area contributed by atoms with Crippen LogP contribution in [-0.2, 0) is 4.74 Å². The number of pyridine rings is 1. The average Bonchev–Trinajstić information content (AvgIpc) is 2.77. The molecule has 0 saturated heterocycles. The predicted molar refractivity (Wildman–Crippen MR) is 70.4 cm³/mol. The van der Waals surface area contributed by atoms with Gasteiger partial charge in [-0.05, 0) is 30.9 Å². The lowest BCUT2D eigenvalue weighted by atomic mass is 10.1. The highest BCUT2D eigenvalue weighted by Crippen LogP contribution is 2.29. The second-order valence-corrected chi connectivity index (χ2v) is 4.78. The fourth-order valence-corrected chi connectivity index (χ4v) is 2.34. The quantitative estimate of drug-likeness (QED) is 0.802. The van der Waals surface area contributed by atoms with Crippen molar-refractivity contribution in [1.82, 2.24) is 4.98 Å². The van der Waals surface area contributed by atoms with Gasteiger partial charge in [-0.1, -0.05) is 13.3 Å². The lowest BCUT2D eigenvalue weighted by Crippen LogP contribution is -2.23. The highest BCUT2D eigenvalue weighted by molar-refractivity contribution is 5.88. The van der Waals surface area contributed by atoms with Crippen molar-refractivity contribution in [3.63, 3.8) is 0 Å². The van der Waals surface area contributed by atoms with Gasteiger partial charge in [-0.2, -0.15) is 0 Å². The van der Waals surface area contributed by atoms with Gasteiger partial charge in [0.1, 0.15) is 5.82 Å². The van der Waals surface area contributed by atoms with Crippen molar-refractivity contribution >= 4 is 17.5 Å². The molecule has 98 valence electrons. The minimum atomic E-state index is -0.447. The van der Waals surface area contributed by atoms with E-state index in [2.05, 4.69) is 22.0 Å². The minimum Gasteiger partial charge on any atom is -0.464 e. The molecule has 5 nitrogen and oxygen atoms in total. The van der Waals surface area contributed by atoms with Crippen LogP contribution in [0.25, 0.3) is 0 Å². The summed E-state index contributed by atoms with van der Waals surface area (Å²) in [6, 6.07) is 3.64. The zero-order chi connectivity index (χ0) is 13.1. The molecular weight excluding hydrogens is 230 g/mol. The van der Waals surface area contributed by atoms with Gasteiger partial charge in [0, 0.05) is 6.04 Å². The molecule has 1 fully saturated rings. The van der Waals surface area contributed by atoms with Crippen LogP contribution >= 0.6 is 0 Å². The van der Waals surface area contributed by atoms with Gasteiger partial charge in [-0.3, -0.25) is 0 Å². The van der Waals surface area contributed by atoms with E-state index in [1.165, 1.54) is 20.0 Å². The molecule has 0 bridgehead atoms. The maximum atomic E-state index is 11.4. The Morgan fingerprint density at radius 2 is 2.28 bits per heavy atom. The van der Waals surface area contributed by atoms with E-state index >= 15 is 0 Å². The van der Waals surface area contributed by atoms with E-state index in [1.807, 2.05) is 0 Å². The van der Waals surface area contributed by atoms with Gasteiger partial charge in [0.05, 0.1) is 12.8 Å². The highest BCUT2D eigenvalue weighted by Gasteiger charge is 2.24. The number of nitrogens with zero attached hydrogens (tertiary/aromatic N) is 1. The third-order valence-corrected chi connectivity index (χ3v) is 3.50. The van der Waals surface area contributed by atoms with E-state index in [0.717, 1.165) is 6.42 Å². The Hall–Kier alpha value is -1.78. The summed E-state index contributed by atoms with van der Waals surface area (Å²) in [6.45, 7) is 2.21. The Bertz CT molecular complexity index is 448. The summed E-state index contributed by atoms with van der Waals surface area (Å²) in [5, 5.41) is 3.33. The molecule has 3 N–H and O–H groups in total. The monoisotopic (exact) mass is 249 g/mol. The van der Waals surface area contributed by atoms with Gasteiger partial charge in [0.15, 0.2) is 5.69 Å². The van der Waals surface area contributed by atoms with Crippen LogP contribution in [-0.4, -0.2) is 24.1 Å². The standard InChI is InChI=1S/C13H19N3O2/c1-8-4-3-5-10(8)15-12-9(14)6-7-11(16-12)13(17)18-2/h6-8,10H,3-5,14H2,1-2H3,(H,15,16). The number of hydrogen-bond acceptors (Lipinski definition) is 5. The van der Waals surface area contributed by atoms with Crippen LogP contribution in [0.15, 0.2) is 12.1 Å². The maximum Gasteiger partial charge on any atom is 0.356 e. The zero-order valence-corrected chi connectivity index (χ0v) is 10.8. The number of aromatic nitrogens is 1. The third kappa shape index (κ3) is 2.55. The van der Waals surface area contributed by atoms with Crippen molar-refractivity contribution in [1.29, 1.82) is 0 Å². The number of esters is 1. The van der Waals surface area contributed by atoms with Crippen LogP contribution in [0.3, 0.4) is 0 Å². The van der Waals surface area contributed by atoms with Crippen LogP contribution < -0.4 is 11.1 Å². The molecule has 18 heavy (non-hydrogen) atoms. The fourth-order valence-electron chi connectivity index (χ4n) is 2.34. The number of carbonyl (C=O) groups excluding carboxylic acids is 1. The van der Waals surface area contributed by atoms with Crippen molar-refractivity contribution in [3.8, 4) is 0 Å². The zero-order valence-electron chi connectivity index (χ0n) is 10.8. The van der Waals surface area contributed by atoms with Crippen molar-refractivity contribution in [2.75, 3.05) is 18.2 Å². The van der Waals surface area contributed by atoms with Crippen molar-refractivity contribution < 1.29 is 9.53 Å². The molecule has 0 spiro atoms. The first-order valence-corrected chi connectivity index (χ1v) is 6.23. The number of nitrogens with two attached hydrogens (primary N) is 1. The van der Waals surface area contributed by atoms with Gasteiger partial charge in [0.2, 0.25) is 0 Å². The van der Waals surface area contributed by atoms with E-state index in [4.69, 9.17) is 5.73 Å². The molecule has 1 aliphatic rings. The molecule has 1 heterocycles. The Labute approximate surface area is 107 Å². The Morgan fingerprint density at radius 3 is 2.89 bits per heavy atom. The number of rotatable bonds is 3. The minimum absolute atomic E-state index is 0.278. The molecule has 2 atom stereocenters. The second-order valence-electron chi connectivity index (χ2n) is 4.78. The van der Waals surface area contributed by atoms with Crippen LogP contribution in [0.1, 0.15) is 36.7 Å². The van der Waals surface area contributed by atoms with Crippen molar-refractivity contribution in [2.24, 2.45) is 5.92 Å². The largest absolute Gasteiger partial charge is 0.464 e. The summed E-state index contributed by atoms with van der Waals surface area (Å²) in [5.74, 6) is 0.738. The van der Waals surface area contributed by atoms with Crippen LogP contribution in [0.2, 0.25) is 0 Å². The smallest absolute Gasteiger partial charge is 0.356 e. The Kier molecular flexibility index (Phi) is 3.69. The molecule has 5 heteroatoms. The van der Waals surface area contributed by atoms with Gasteiger partial charge >= 0.3 is 5.97 Å². The maximum absolute atomic E-state index is 11.4.